The number of nitrogens with one attached hydrogen (secondary N) is 2. The van der Waals surface area contributed by atoms with Crippen LogP contribution >= 0.6 is 0 Å². The summed E-state index contributed by atoms with van der Waals surface area (Å²) >= 11 is 0. The van der Waals surface area contributed by atoms with Crippen LogP contribution in [0.3, 0.4) is 0 Å². The molecule has 2 aliphatic carbocycles. The van der Waals surface area contributed by atoms with Gasteiger partial charge in [0.2, 0.25) is 5.79 Å². The van der Waals surface area contributed by atoms with Gasteiger partial charge in [0.15, 0.2) is 0 Å². The van der Waals surface area contributed by atoms with Gasteiger partial charge in [0.1, 0.15) is 30.8 Å². The highest BCUT2D eigenvalue weighted by Gasteiger charge is 2.65. The minimum atomic E-state index is -1.42. The Morgan fingerprint density at radius 1 is 1.03 bits per heavy atom. The van der Waals surface area contributed by atoms with Crippen LogP contribution in [0, 0.1) is 27.9 Å². The molecule has 3 aliphatic rings. The molecule has 4 N–H and O–H groups in total. The van der Waals surface area contributed by atoms with Crippen LogP contribution in [0.4, 0.5) is 10.5 Å². The van der Waals surface area contributed by atoms with Crippen LogP contribution in [0.1, 0.15) is 67.7 Å². The quantitative estimate of drug-likeness (QED) is 0.0278. The smallest absolute Gasteiger partial charge is 0.317 e. The minimum absolute atomic E-state index is 0.0216. The van der Waals surface area contributed by atoms with Crippen molar-refractivity contribution in [2.45, 2.75) is 75.8 Å². The lowest BCUT2D eigenvalue weighted by Gasteiger charge is -2.59. The number of aromatic amines is 1. The highest BCUT2D eigenvalue weighted by Crippen LogP contribution is 2.61. The van der Waals surface area contributed by atoms with Gasteiger partial charge in [-0.2, -0.15) is 0 Å². The van der Waals surface area contributed by atoms with Crippen molar-refractivity contribution in [2.75, 3.05) is 33.5 Å². The first-order valence-electron chi connectivity index (χ1n) is 21.5. The Bertz CT molecular complexity index is 2240. The van der Waals surface area contributed by atoms with Gasteiger partial charge in [0.05, 0.1) is 29.7 Å². The van der Waals surface area contributed by atoms with Crippen LogP contribution in [-0.4, -0.2) is 82.1 Å². The first-order valence-corrected chi connectivity index (χ1v) is 21.5. The number of fused-ring (bicyclic) bond motifs is 3. The van der Waals surface area contributed by atoms with Crippen molar-refractivity contribution in [3.8, 4) is 11.5 Å². The zero-order valence-electron chi connectivity index (χ0n) is 35.2. The van der Waals surface area contributed by atoms with Crippen LogP contribution in [-0.2, 0) is 22.7 Å². The number of nitro groups is 1. The Kier molecular flexibility index (Phi) is 14.4. The van der Waals surface area contributed by atoms with Crippen molar-refractivity contribution >= 4 is 28.3 Å². The number of carbonyl (C=O) groups is 1. The zero-order valence-corrected chi connectivity index (χ0v) is 35.2. The maximum Gasteiger partial charge on any atom is 0.317 e. The van der Waals surface area contributed by atoms with Crippen molar-refractivity contribution < 1.29 is 39.0 Å². The molecule has 2 heterocycles. The molecular weight excluding hydrogens is 791 g/mol. The van der Waals surface area contributed by atoms with Crippen LogP contribution in [0.5, 0.6) is 11.5 Å². The predicted octanol–water partition coefficient (Wildman–Crippen LogP) is 8.32. The number of urea groups is 1. The number of aliphatic hydroxyl groups is 2. The molecule has 1 aromatic heterocycles. The van der Waals surface area contributed by atoms with E-state index in [2.05, 4.69) is 29.5 Å². The number of likely N-dealkylation sites (N-methyl/N-ethyl adjacent to an activating group) is 1. The number of rotatable bonds is 21. The topological polar surface area (TPSA) is 181 Å². The van der Waals surface area contributed by atoms with E-state index in [1.807, 2.05) is 48.5 Å². The molecule has 0 bridgehead atoms. The normalized spacial score (nSPS) is 23.0. The summed E-state index contributed by atoms with van der Waals surface area (Å²) in [6.45, 7) is 8.75. The summed E-state index contributed by atoms with van der Waals surface area (Å²) in [7, 11) is 1.74. The molecule has 6 atom stereocenters. The number of unbranched alkanes of at least 4 members (excludes halogenated alkanes) is 2. The van der Waals surface area contributed by atoms with Gasteiger partial charge >= 0.3 is 6.03 Å². The van der Waals surface area contributed by atoms with E-state index in [4.69, 9.17) is 24.2 Å². The number of benzene rings is 3. The molecule has 328 valence electrons. The molecule has 14 heteroatoms. The van der Waals surface area contributed by atoms with E-state index in [-0.39, 0.29) is 68.9 Å². The summed E-state index contributed by atoms with van der Waals surface area (Å²) in [5, 5.41) is 40.1. The molecule has 14 nitrogen and oxygen atoms in total. The minimum Gasteiger partial charge on any atom is -0.490 e. The molecule has 1 fully saturated rings. The number of aromatic nitrogens is 1. The number of amides is 2. The number of hydrogen-bond acceptors (Lipinski definition) is 10. The van der Waals surface area contributed by atoms with Crippen molar-refractivity contribution in [1.29, 1.82) is 0 Å². The second-order valence-electron chi connectivity index (χ2n) is 16.2. The van der Waals surface area contributed by atoms with Gasteiger partial charge in [0.25, 0.3) is 5.69 Å². The summed E-state index contributed by atoms with van der Waals surface area (Å²) in [6, 6.07) is 20.9. The summed E-state index contributed by atoms with van der Waals surface area (Å²) in [5.74, 6) is -0.769. The second-order valence-corrected chi connectivity index (χ2v) is 16.2. The predicted molar refractivity (Wildman–Crippen MR) is 237 cm³/mol. The highest BCUT2D eigenvalue weighted by molar-refractivity contribution is 6.03. The van der Waals surface area contributed by atoms with Gasteiger partial charge in [0, 0.05) is 61.5 Å². The molecule has 1 saturated carbocycles. The molecule has 0 radical (unpaired) electrons. The number of nitrogens with zero attached hydrogens (tertiary/aromatic N) is 3. The number of ether oxygens (including phenoxy) is 3. The lowest BCUT2D eigenvalue weighted by molar-refractivity contribution is -0.384. The number of allylic oxidation sites excluding steroid dienone is 1. The second kappa shape index (κ2) is 20.3. The number of H-pyrrole nitrogens is 1. The fourth-order valence-corrected chi connectivity index (χ4v) is 9.54. The molecule has 4 aromatic rings. The summed E-state index contributed by atoms with van der Waals surface area (Å²) in [6.07, 6.45) is 10.3. The fourth-order valence-electron chi connectivity index (χ4n) is 9.54. The van der Waals surface area contributed by atoms with Crippen molar-refractivity contribution in [2.24, 2.45) is 22.9 Å². The first kappa shape index (κ1) is 44.1. The number of non-ortho nitro benzene ring substituents is 1. The largest absolute Gasteiger partial charge is 0.490 e. The SMILES string of the molecule is C=CCOc1ccc2c(c1)[C@H]1[C@H](CCCCO)[C@@H](CCCCO)C=C3C(=NOCc4ccc([N+](=O)[O-])cc4)C[C@H](N(C)C(=O)NCc4cc5ccccc5[nH]4)[C@@](OCC=C)(O2)[C@H]31. The van der Waals surface area contributed by atoms with E-state index in [1.165, 1.54) is 12.1 Å². The van der Waals surface area contributed by atoms with E-state index in [1.54, 1.807) is 36.2 Å². The summed E-state index contributed by atoms with van der Waals surface area (Å²) in [4.78, 5) is 36.5. The van der Waals surface area contributed by atoms with E-state index >= 15 is 0 Å². The summed E-state index contributed by atoms with van der Waals surface area (Å²) < 4.78 is 20.3. The number of aliphatic hydroxyl groups excluding tert-OH is 2. The Morgan fingerprint density at radius 3 is 2.52 bits per heavy atom. The summed E-state index contributed by atoms with van der Waals surface area (Å²) in [5.41, 5.74) is 4.97. The van der Waals surface area contributed by atoms with E-state index in [0.717, 1.165) is 53.4 Å². The molecule has 62 heavy (non-hydrogen) atoms. The highest BCUT2D eigenvalue weighted by atomic mass is 16.7. The van der Waals surface area contributed by atoms with Crippen LogP contribution in [0.2, 0.25) is 0 Å². The molecule has 0 spiro atoms. The van der Waals surface area contributed by atoms with Crippen molar-refractivity contribution in [3.63, 3.8) is 0 Å². The number of carbonyl (C=O) groups excluding carboxylic acids is 1. The van der Waals surface area contributed by atoms with Gasteiger partial charge in [-0.1, -0.05) is 61.0 Å². The molecule has 3 aromatic carbocycles. The van der Waals surface area contributed by atoms with Crippen molar-refractivity contribution in [3.05, 3.63) is 137 Å². The van der Waals surface area contributed by atoms with E-state index < -0.39 is 22.7 Å². The third-order valence-electron chi connectivity index (χ3n) is 12.4. The average molecular weight is 848 g/mol. The number of para-hydroxylation sites is 1. The Morgan fingerprint density at radius 2 is 1.79 bits per heavy atom. The Hall–Kier alpha value is -5.96. The Balaban J connectivity index is 1.35. The number of hydrogen-bond donors (Lipinski definition) is 4. The molecule has 0 saturated heterocycles. The Labute approximate surface area is 362 Å². The molecular formula is C48H57N5O9. The van der Waals surface area contributed by atoms with E-state index in [0.29, 0.717) is 42.2 Å². The monoisotopic (exact) mass is 847 g/mol. The maximum absolute atomic E-state index is 14.4. The molecule has 0 unspecified atom stereocenters. The van der Waals surface area contributed by atoms with Gasteiger partial charge in [-0.15, -0.1) is 6.58 Å². The first-order chi connectivity index (χ1) is 30.2. The molecule has 2 amide bonds. The third kappa shape index (κ3) is 9.42. The van der Waals surface area contributed by atoms with E-state index in [9.17, 15) is 25.1 Å². The average Bonchev–Trinajstić information content (AvgIpc) is 3.71. The van der Waals surface area contributed by atoms with Gasteiger partial charge in [-0.05, 0) is 96.5 Å². The van der Waals surface area contributed by atoms with Crippen molar-refractivity contribution in [1.82, 2.24) is 15.2 Å². The van der Waals surface area contributed by atoms with Gasteiger partial charge in [-0.25, -0.2) is 4.79 Å². The standard InChI is InChI=1S/C48H57N5O9/c1-4-24-59-37-20-21-43-40(28-37)45-38(14-9-11-23-55)33(12-8-10-22-54)27-39-42(51-61-31-32-16-18-36(19-17-32)53(57)58)29-44(48(62-43,46(39)45)60-25-5-2)52(3)47(56)49-30-35-26-34-13-6-7-15-41(34)50-35/h4-7,13,15-21,26-28,33,38,44-46,50,54-55H,1-2,8-12,14,22-25,29-31H2,3H3,(H,49,56)/t33-,38+,44-,45+,46+,48+/m0/s1. The maximum atomic E-state index is 14.4. The lowest BCUT2D eigenvalue weighted by atomic mass is 9.55. The van der Waals surface area contributed by atoms with Gasteiger partial charge < -0.3 is 44.5 Å². The zero-order chi connectivity index (χ0) is 43.6. The van der Waals surface area contributed by atoms with Crippen LogP contribution in [0.15, 0.2) is 115 Å². The third-order valence-corrected chi connectivity index (χ3v) is 12.4. The lowest BCUT2D eigenvalue weighted by Crippen LogP contribution is -2.70. The number of nitro benzene ring substituents is 1. The van der Waals surface area contributed by atoms with Crippen LogP contribution in [0.25, 0.3) is 10.9 Å². The molecule has 7 rings (SSSR count). The fraction of sp³-hybridized carbons (Fsp3) is 0.417. The number of oxime groups is 1. The van der Waals surface area contributed by atoms with Gasteiger partial charge in [-0.3, -0.25) is 10.1 Å². The molecule has 1 aliphatic heterocycles. The van der Waals surface area contributed by atoms with Crippen LogP contribution < -0.4 is 14.8 Å².